The smallest absolute Gasteiger partial charge is 0.191 e. The normalized spacial score (nSPS) is 15.1. The molecular formula is C24H32FN3O2S. The monoisotopic (exact) mass is 445 g/mol. The molecule has 0 spiro atoms. The van der Waals surface area contributed by atoms with Crippen LogP contribution in [0.2, 0.25) is 0 Å². The summed E-state index contributed by atoms with van der Waals surface area (Å²) >= 11 is 1.68. The van der Waals surface area contributed by atoms with Gasteiger partial charge in [0.15, 0.2) is 5.96 Å². The molecule has 2 aromatic carbocycles. The van der Waals surface area contributed by atoms with Crippen LogP contribution in [0.5, 0.6) is 0 Å². The third-order valence-electron chi connectivity index (χ3n) is 5.28. The molecule has 0 aromatic heterocycles. The van der Waals surface area contributed by atoms with Gasteiger partial charge in [0.05, 0.1) is 12.7 Å². The minimum absolute atomic E-state index is 0.197. The van der Waals surface area contributed by atoms with E-state index in [0.717, 1.165) is 42.9 Å². The van der Waals surface area contributed by atoms with E-state index < -0.39 is 0 Å². The average molecular weight is 446 g/mol. The summed E-state index contributed by atoms with van der Waals surface area (Å²) in [4.78, 5) is 4.30. The van der Waals surface area contributed by atoms with Crippen LogP contribution in [0, 0.1) is 5.82 Å². The summed E-state index contributed by atoms with van der Waals surface area (Å²) in [5, 5.41) is 6.66. The summed E-state index contributed by atoms with van der Waals surface area (Å²) in [6.07, 6.45) is 4.28. The molecule has 0 amide bonds. The number of nitrogens with one attached hydrogen (secondary N) is 2. The Bertz CT molecular complexity index is 839. The second-order valence-electron chi connectivity index (χ2n) is 7.56. The maximum atomic E-state index is 13.5. The first kappa shape index (κ1) is 23.6. The molecule has 0 aliphatic carbocycles. The van der Waals surface area contributed by atoms with Crippen molar-refractivity contribution in [2.24, 2.45) is 4.99 Å². The van der Waals surface area contributed by atoms with Gasteiger partial charge < -0.3 is 20.1 Å². The number of nitrogens with zero attached hydrogens (tertiary/aromatic N) is 1. The van der Waals surface area contributed by atoms with E-state index in [1.165, 1.54) is 17.2 Å². The van der Waals surface area contributed by atoms with Crippen molar-refractivity contribution in [2.75, 3.05) is 26.5 Å². The summed E-state index contributed by atoms with van der Waals surface area (Å²) in [6, 6.07) is 13.4. The fourth-order valence-electron chi connectivity index (χ4n) is 3.45. The van der Waals surface area contributed by atoms with Crippen molar-refractivity contribution in [3.8, 4) is 0 Å². The topological polar surface area (TPSA) is 54.9 Å². The second kappa shape index (κ2) is 12.7. The molecule has 168 valence electrons. The molecule has 0 unspecified atom stereocenters. The van der Waals surface area contributed by atoms with Gasteiger partial charge in [-0.3, -0.25) is 4.99 Å². The number of halogens is 1. The van der Waals surface area contributed by atoms with Gasteiger partial charge in [0, 0.05) is 39.1 Å². The van der Waals surface area contributed by atoms with Crippen LogP contribution in [-0.2, 0) is 34.9 Å². The van der Waals surface area contributed by atoms with E-state index in [-0.39, 0.29) is 5.82 Å². The first-order chi connectivity index (χ1) is 15.2. The Morgan fingerprint density at radius 2 is 1.77 bits per heavy atom. The molecule has 0 saturated carbocycles. The summed E-state index contributed by atoms with van der Waals surface area (Å²) in [5.74, 6) is 1.30. The third-order valence-corrected chi connectivity index (χ3v) is 5.87. The Morgan fingerprint density at radius 1 is 1.06 bits per heavy atom. The number of guanidine groups is 1. The van der Waals surface area contributed by atoms with Crippen molar-refractivity contribution in [2.45, 2.75) is 44.4 Å². The second-order valence-corrected chi connectivity index (χ2v) is 8.43. The van der Waals surface area contributed by atoms with Gasteiger partial charge in [-0.15, -0.1) is 0 Å². The van der Waals surface area contributed by atoms with Crippen LogP contribution in [0.15, 0.2) is 47.5 Å². The predicted octanol–water partition coefficient (Wildman–Crippen LogP) is 4.25. The molecule has 0 atom stereocenters. The zero-order chi connectivity index (χ0) is 21.9. The molecule has 31 heavy (non-hydrogen) atoms. The fraction of sp³-hybridized carbons (Fsp3) is 0.458. The van der Waals surface area contributed by atoms with Crippen molar-refractivity contribution in [1.82, 2.24) is 10.6 Å². The van der Waals surface area contributed by atoms with E-state index >= 15 is 0 Å². The highest BCUT2D eigenvalue weighted by molar-refractivity contribution is 7.97. The summed E-state index contributed by atoms with van der Waals surface area (Å²) < 4.78 is 24.9. The highest BCUT2D eigenvalue weighted by atomic mass is 32.2. The summed E-state index contributed by atoms with van der Waals surface area (Å²) in [5.41, 5.74) is 4.43. The SMILES string of the molecule is CN=C(NCc1ccc(COC2CCOCC2)cc1)NCc1ccc(F)cc1CSC. The highest BCUT2D eigenvalue weighted by Crippen LogP contribution is 2.17. The van der Waals surface area contributed by atoms with E-state index in [0.29, 0.717) is 31.8 Å². The van der Waals surface area contributed by atoms with Crippen molar-refractivity contribution < 1.29 is 13.9 Å². The summed E-state index contributed by atoms with van der Waals surface area (Å²) in [6.45, 7) is 3.49. The number of aliphatic imine (C=N–C) groups is 1. The van der Waals surface area contributed by atoms with E-state index in [1.54, 1.807) is 24.9 Å². The number of hydrogen-bond donors (Lipinski definition) is 2. The quantitative estimate of drug-likeness (QED) is 0.446. The molecule has 0 radical (unpaired) electrons. The number of ether oxygens (including phenoxy) is 2. The lowest BCUT2D eigenvalue weighted by Crippen LogP contribution is -2.36. The lowest BCUT2D eigenvalue weighted by molar-refractivity contribution is -0.0390. The molecule has 1 saturated heterocycles. The molecule has 0 bridgehead atoms. The van der Waals surface area contributed by atoms with E-state index in [4.69, 9.17) is 9.47 Å². The first-order valence-corrected chi connectivity index (χ1v) is 12.0. The van der Waals surface area contributed by atoms with E-state index in [2.05, 4.69) is 39.9 Å². The van der Waals surface area contributed by atoms with Crippen molar-refractivity contribution in [1.29, 1.82) is 0 Å². The van der Waals surface area contributed by atoms with Gasteiger partial charge in [-0.2, -0.15) is 11.8 Å². The van der Waals surface area contributed by atoms with Crippen molar-refractivity contribution in [3.63, 3.8) is 0 Å². The van der Waals surface area contributed by atoms with Crippen molar-refractivity contribution in [3.05, 3.63) is 70.5 Å². The molecule has 2 N–H and O–H groups in total. The van der Waals surface area contributed by atoms with Gasteiger partial charge in [-0.05, 0) is 53.5 Å². The average Bonchev–Trinajstić information content (AvgIpc) is 2.80. The molecule has 3 rings (SSSR count). The number of thioether (sulfide) groups is 1. The van der Waals surface area contributed by atoms with Crippen molar-refractivity contribution >= 4 is 17.7 Å². The number of benzene rings is 2. The van der Waals surface area contributed by atoms with Crippen LogP contribution in [0.3, 0.4) is 0 Å². The molecule has 7 heteroatoms. The maximum Gasteiger partial charge on any atom is 0.191 e. The minimum Gasteiger partial charge on any atom is -0.381 e. The molecular weight excluding hydrogens is 413 g/mol. The lowest BCUT2D eigenvalue weighted by Gasteiger charge is -2.22. The standard InChI is InChI=1S/C24H32FN3O2S/c1-26-24(28-15-20-7-8-22(25)13-21(20)17-31-2)27-14-18-3-5-19(6-4-18)16-30-23-9-11-29-12-10-23/h3-8,13,23H,9-12,14-17H2,1-2H3,(H2,26,27,28). The van der Waals surface area contributed by atoms with Gasteiger partial charge >= 0.3 is 0 Å². The molecule has 1 heterocycles. The molecule has 1 aliphatic rings. The number of hydrogen-bond acceptors (Lipinski definition) is 4. The van der Waals surface area contributed by atoms with Crippen LogP contribution < -0.4 is 10.6 Å². The van der Waals surface area contributed by atoms with Crippen LogP contribution >= 0.6 is 11.8 Å². The third kappa shape index (κ3) is 7.83. The Hall–Kier alpha value is -2.09. The van der Waals surface area contributed by atoms with Crippen LogP contribution in [0.4, 0.5) is 4.39 Å². The summed E-state index contributed by atoms with van der Waals surface area (Å²) in [7, 11) is 1.75. The highest BCUT2D eigenvalue weighted by Gasteiger charge is 2.14. The zero-order valence-corrected chi connectivity index (χ0v) is 19.1. The lowest BCUT2D eigenvalue weighted by atomic mass is 10.1. The molecule has 1 fully saturated rings. The Labute approximate surface area is 188 Å². The van der Waals surface area contributed by atoms with Crippen LogP contribution in [0.1, 0.15) is 35.1 Å². The van der Waals surface area contributed by atoms with Crippen LogP contribution in [0.25, 0.3) is 0 Å². The Kier molecular flexibility index (Phi) is 9.65. The van der Waals surface area contributed by atoms with E-state index in [9.17, 15) is 4.39 Å². The van der Waals surface area contributed by atoms with Gasteiger partial charge in [-0.1, -0.05) is 30.3 Å². The van der Waals surface area contributed by atoms with Gasteiger partial charge in [0.2, 0.25) is 0 Å². The van der Waals surface area contributed by atoms with Crippen LogP contribution in [-0.4, -0.2) is 38.6 Å². The van der Waals surface area contributed by atoms with Gasteiger partial charge in [0.25, 0.3) is 0 Å². The predicted molar refractivity (Wildman–Crippen MR) is 126 cm³/mol. The Morgan fingerprint density at radius 3 is 2.48 bits per heavy atom. The largest absolute Gasteiger partial charge is 0.381 e. The molecule has 1 aliphatic heterocycles. The van der Waals surface area contributed by atoms with Gasteiger partial charge in [-0.25, -0.2) is 4.39 Å². The van der Waals surface area contributed by atoms with Gasteiger partial charge in [0.1, 0.15) is 5.82 Å². The number of rotatable bonds is 9. The minimum atomic E-state index is -0.197. The Balaban J connectivity index is 1.45. The zero-order valence-electron chi connectivity index (χ0n) is 18.3. The molecule has 2 aromatic rings. The molecule has 5 nitrogen and oxygen atoms in total. The maximum absolute atomic E-state index is 13.5. The fourth-order valence-corrected chi connectivity index (χ4v) is 4.03. The first-order valence-electron chi connectivity index (χ1n) is 10.7. The van der Waals surface area contributed by atoms with E-state index in [1.807, 2.05) is 12.3 Å².